The molecular weight excluding hydrogens is 342 g/mol. The van der Waals surface area contributed by atoms with Gasteiger partial charge in [0, 0.05) is 18.9 Å². The van der Waals surface area contributed by atoms with Crippen molar-refractivity contribution in [3.05, 3.63) is 47.3 Å². The second-order valence-electron chi connectivity index (χ2n) is 4.56. The molecule has 2 rings (SSSR count). The Morgan fingerprint density at radius 1 is 1.36 bits per heavy atom. The Hall–Kier alpha value is -2.49. The van der Waals surface area contributed by atoms with Crippen molar-refractivity contribution in [1.29, 1.82) is 0 Å². The molecule has 0 atom stereocenters. The van der Waals surface area contributed by atoms with E-state index in [1.807, 2.05) is 13.8 Å². The highest BCUT2D eigenvalue weighted by molar-refractivity contribution is 5.95. The number of hydrogen-bond acceptors (Lipinski definition) is 4. The van der Waals surface area contributed by atoms with E-state index in [0.29, 0.717) is 0 Å². The van der Waals surface area contributed by atoms with Crippen LogP contribution in [0.5, 0.6) is 0 Å². The van der Waals surface area contributed by atoms with Crippen molar-refractivity contribution >= 4 is 5.91 Å². The lowest BCUT2D eigenvalue weighted by Gasteiger charge is -2.07. The zero-order chi connectivity index (χ0) is 19.0. The highest BCUT2D eigenvalue weighted by Crippen LogP contribution is 2.30. The molecule has 0 radical (unpaired) electrons. The van der Waals surface area contributed by atoms with Crippen molar-refractivity contribution < 1.29 is 22.4 Å². The number of halogens is 4. The first-order chi connectivity index (χ1) is 11.8. The molecule has 0 aromatic carbocycles. The first kappa shape index (κ1) is 20.6. The van der Waals surface area contributed by atoms with Crippen LogP contribution in [-0.2, 0) is 19.3 Å². The normalized spacial score (nSPS) is 10.8. The summed E-state index contributed by atoms with van der Waals surface area (Å²) >= 11 is 0. The fourth-order valence-electron chi connectivity index (χ4n) is 1.85. The highest BCUT2D eigenvalue weighted by atomic mass is 19.4. The monoisotopic (exact) mass is 361 g/mol. The van der Waals surface area contributed by atoms with E-state index in [4.69, 9.17) is 5.73 Å². The van der Waals surface area contributed by atoms with Gasteiger partial charge in [-0.3, -0.25) is 14.5 Å². The maximum absolute atomic E-state index is 13.4. The van der Waals surface area contributed by atoms with Gasteiger partial charge in [0.05, 0.1) is 24.3 Å². The van der Waals surface area contributed by atoms with Gasteiger partial charge in [0.25, 0.3) is 5.91 Å². The van der Waals surface area contributed by atoms with Crippen LogP contribution >= 0.6 is 0 Å². The van der Waals surface area contributed by atoms with E-state index in [0.717, 1.165) is 16.9 Å². The lowest BCUT2D eigenvalue weighted by molar-refractivity contribution is -0.141. The Balaban J connectivity index is 0.00000151. The molecule has 25 heavy (non-hydrogen) atoms. The molecule has 0 aliphatic heterocycles. The van der Waals surface area contributed by atoms with E-state index in [9.17, 15) is 22.4 Å². The van der Waals surface area contributed by atoms with E-state index >= 15 is 0 Å². The number of aromatic nitrogens is 3. The van der Waals surface area contributed by atoms with Crippen LogP contribution in [0.4, 0.5) is 17.6 Å². The first-order valence-electron chi connectivity index (χ1n) is 7.55. The standard InChI is InChI=1S/C13H13F4N5O.C2H6/c14-9-2-1-4-19-10(9)6-20-12(23)8-7-22(5-3-18)21-11(8)13(15,16)17;1-2/h1-2,4,7H,3,5-6,18H2,(H,20,23);1-2H3. The zero-order valence-corrected chi connectivity index (χ0v) is 13.8. The van der Waals surface area contributed by atoms with Crippen molar-refractivity contribution in [3.63, 3.8) is 0 Å². The Morgan fingerprint density at radius 3 is 2.60 bits per heavy atom. The van der Waals surface area contributed by atoms with Crippen LogP contribution in [-0.4, -0.2) is 27.2 Å². The lowest BCUT2D eigenvalue weighted by Crippen LogP contribution is -2.26. The smallest absolute Gasteiger partial charge is 0.346 e. The summed E-state index contributed by atoms with van der Waals surface area (Å²) in [5, 5.41) is 5.52. The van der Waals surface area contributed by atoms with E-state index < -0.39 is 29.2 Å². The molecule has 0 saturated heterocycles. The van der Waals surface area contributed by atoms with Gasteiger partial charge in [-0.25, -0.2) is 4.39 Å². The van der Waals surface area contributed by atoms with E-state index in [1.54, 1.807) is 0 Å². The van der Waals surface area contributed by atoms with Gasteiger partial charge < -0.3 is 11.1 Å². The summed E-state index contributed by atoms with van der Waals surface area (Å²) in [6, 6.07) is 2.49. The molecule has 0 spiro atoms. The highest BCUT2D eigenvalue weighted by Gasteiger charge is 2.39. The van der Waals surface area contributed by atoms with Gasteiger partial charge in [0.15, 0.2) is 5.69 Å². The van der Waals surface area contributed by atoms with Gasteiger partial charge in [-0.1, -0.05) is 13.8 Å². The van der Waals surface area contributed by atoms with Gasteiger partial charge >= 0.3 is 6.18 Å². The molecule has 10 heteroatoms. The Labute approximate surface area is 142 Å². The van der Waals surface area contributed by atoms with Gasteiger partial charge in [0.2, 0.25) is 0 Å². The number of alkyl halides is 3. The molecule has 2 aromatic heterocycles. The summed E-state index contributed by atoms with van der Waals surface area (Å²) in [5.74, 6) is -1.69. The minimum absolute atomic E-state index is 0.0330. The van der Waals surface area contributed by atoms with Gasteiger partial charge in [-0.2, -0.15) is 18.3 Å². The number of carbonyl (C=O) groups is 1. The molecule has 1 amide bonds. The predicted octanol–water partition coefficient (Wildman–Crippen LogP) is 2.35. The molecule has 3 N–H and O–H groups in total. The predicted molar refractivity (Wildman–Crippen MR) is 83.0 cm³/mol. The van der Waals surface area contributed by atoms with Crippen molar-refractivity contribution in [1.82, 2.24) is 20.1 Å². The summed E-state index contributed by atoms with van der Waals surface area (Å²) in [6.07, 6.45) is -2.52. The van der Waals surface area contributed by atoms with Gasteiger partial charge in [-0.15, -0.1) is 0 Å². The number of amides is 1. The maximum Gasteiger partial charge on any atom is 0.435 e. The maximum atomic E-state index is 13.4. The first-order valence-corrected chi connectivity index (χ1v) is 7.55. The third-order valence-corrected chi connectivity index (χ3v) is 2.88. The van der Waals surface area contributed by atoms with Crippen molar-refractivity contribution in [2.75, 3.05) is 6.54 Å². The molecule has 0 aliphatic carbocycles. The third kappa shape index (κ3) is 5.52. The quantitative estimate of drug-likeness (QED) is 0.801. The number of hydrogen-bond donors (Lipinski definition) is 2. The van der Waals surface area contributed by atoms with Crippen LogP contribution in [0.15, 0.2) is 24.5 Å². The number of nitrogens with one attached hydrogen (secondary N) is 1. The van der Waals surface area contributed by atoms with Crippen molar-refractivity contribution in [2.45, 2.75) is 33.1 Å². The van der Waals surface area contributed by atoms with Crippen LogP contribution in [0.1, 0.15) is 35.6 Å². The molecule has 0 saturated carbocycles. The SMILES string of the molecule is CC.NCCn1cc(C(=O)NCc2ncccc2F)c(C(F)(F)F)n1. The molecule has 0 aliphatic rings. The van der Waals surface area contributed by atoms with Crippen LogP contribution in [0.2, 0.25) is 0 Å². The number of pyridine rings is 1. The molecule has 0 fully saturated rings. The van der Waals surface area contributed by atoms with Crippen molar-refractivity contribution in [2.24, 2.45) is 5.73 Å². The summed E-state index contributed by atoms with van der Waals surface area (Å²) in [5.41, 5.74) is 3.22. The molecular formula is C15H19F4N5O. The molecule has 2 aromatic rings. The van der Waals surface area contributed by atoms with E-state index in [1.165, 1.54) is 12.3 Å². The summed E-state index contributed by atoms with van der Waals surface area (Å²) < 4.78 is 53.1. The number of nitrogens with zero attached hydrogens (tertiary/aromatic N) is 3. The minimum atomic E-state index is -4.79. The fraction of sp³-hybridized carbons (Fsp3) is 0.400. The molecule has 6 nitrogen and oxygen atoms in total. The van der Waals surface area contributed by atoms with Crippen molar-refractivity contribution in [3.8, 4) is 0 Å². The number of nitrogens with two attached hydrogens (primary N) is 1. The summed E-state index contributed by atoms with van der Waals surface area (Å²) in [7, 11) is 0. The zero-order valence-electron chi connectivity index (χ0n) is 13.8. The average molecular weight is 361 g/mol. The van der Waals surface area contributed by atoms with Crippen LogP contribution in [0, 0.1) is 5.82 Å². The van der Waals surface area contributed by atoms with Crippen LogP contribution in [0.25, 0.3) is 0 Å². The largest absolute Gasteiger partial charge is 0.435 e. The van der Waals surface area contributed by atoms with Gasteiger partial charge in [0.1, 0.15) is 5.82 Å². The molecule has 0 bridgehead atoms. The second-order valence-corrected chi connectivity index (χ2v) is 4.56. The third-order valence-electron chi connectivity index (χ3n) is 2.88. The molecule has 138 valence electrons. The van der Waals surface area contributed by atoms with E-state index in [2.05, 4.69) is 15.4 Å². The van der Waals surface area contributed by atoms with E-state index in [-0.39, 0.29) is 25.3 Å². The summed E-state index contributed by atoms with van der Waals surface area (Å²) in [4.78, 5) is 15.7. The number of rotatable bonds is 5. The number of carbonyl (C=O) groups excluding carboxylic acids is 1. The lowest BCUT2D eigenvalue weighted by atomic mass is 10.2. The summed E-state index contributed by atoms with van der Waals surface area (Å²) in [6.45, 7) is 3.76. The molecule has 2 heterocycles. The van der Waals surface area contributed by atoms with Crippen LogP contribution in [0.3, 0.4) is 0 Å². The Kier molecular flexibility index (Phi) is 7.49. The van der Waals surface area contributed by atoms with Crippen LogP contribution < -0.4 is 11.1 Å². The Bertz CT molecular complexity index is 699. The average Bonchev–Trinajstić information content (AvgIpc) is 3.00. The molecule has 0 unspecified atom stereocenters. The minimum Gasteiger partial charge on any atom is -0.346 e. The Morgan fingerprint density at radius 2 is 2.04 bits per heavy atom. The second kappa shape index (κ2) is 9.11. The topological polar surface area (TPSA) is 85.8 Å². The fourth-order valence-corrected chi connectivity index (χ4v) is 1.85. The van der Waals surface area contributed by atoms with Gasteiger partial charge in [-0.05, 0) is 12.1 Å².